The molecule has 106 valence electrons. The Hall–Kier alpha value is -2.14. The Morgan fingerprint density at radius 3 is 2.50 bits per heavy atom. The van der Waals surface area contributed by atoms with Crippen molar-refractivity contribution < 1.29 is 9.21 Å². The first-order valence-corrected chi connectivity index (χ1v) is 6.46. The van der Waals surface area contributed by atoms with Crippen LogP contribution >= 0.6 is 0 Å². The lowest BCUT2D eigenvalue weighted by Gasteiger charge is -2.21. The van der Waals surface area contributed by atoms with Crippen LogP contribution in [0.3, 0.4) is 0 Å². The molecule has 2 rings (SSSR count). The van der Waals surface area contributed by atoms with Gasteiger partial charge in [-0.05, 0) is 26.0 Å². The Balaban J connectivity index is 2.11. The van der Waals surface area contributed by atoms with Gasteiger partial charge >= 0.3 is 0 Å². The van der Waals surface area contributed by atoms with E-state index in [2.05, 4.69) is 10.3 Å². The molecule has 1 amide bonds. The molecule has 0 radical (unpaired) electrons. The molecular weight excluding hydrogens is 254 g/mol. The Morgan fingerprint density at radius 2 is 2.00 bits per heavy atom. The van der Waals surface area contributed by atoms with E-state index in [-0.39, 0.29) is 5.91 Å². The molecule has 5 nitrogen and oxygen atoms in total. The van der Waals surface area contributed by atoms with E-state index < -0.39 is 5.41 Å². The van der Waals surface area contributed by atoms with Crippen LogP contribution < -0.4 is 11.1 Å². The molecule has 0 saturated carbocycles. The van der Waals surface area contributed by atoms with Gasteiger partial charge in [0, 0.05) is 24.7 Å². The average molecular weight is 273 g/mol. The maximum atomic E-state index is 12.0. The number of hydrogen-bond donors (Lipinski definition) is 2. The van der Waals surface area contributed by atoms with Crippen molar-refractivity contribution in [3.63, 3.8) is 0 Å². The third-order valence-corrected chi connectivity index (χ3v) is 3.18. The molecule has 0 fully saturated rings. The second kappa shape index (κ2) is 5.46. The van der Waals surface area contributed by atoms with Crippen molar-refractivity contribution in [2.24, 2.45) is 11.1 Å². The molecule has 0 spiro atoms. The second-order valence-electron chi connectivity index (χ2n) is 5.37. The van der Waals surface area contributed by atoms with Gasteiger partial charge in [-0.3, -0.25) is 4.79 Å². The van der Waals surface area contributed by atoms with Gasteiger partial charge in [0.2, 0.25) is 5.91 Å². The molecule has 1 aromatic heterocycles. The minimum Gasteiger partial charge on any atom is -0.449 e. The van der Waals surface area contributed by atoms with E-state index >= 15 is 0 Å². The van der Waals surface area contributed by atoms with E-state index in [4.69, 9.17) is 10.2 Å². The summed E-state index contributed by atoms with van der Waals surface area (Å²) in [5, 5.41) is 2.85. The van der Waals surface area contributed by atoms with E-state index in [1.807, 2.05) is 38.1 Å². The largest absolute Gasteiger partial charge is 0.449 e. The topological polar surface area (TPSA) is 81.2 Å². The first kappa shape index (κ1) is 14.3. The van der Waals surface area contributed by atoms with Gasteiger partial charge in [0.15, 0.2) is 5.89 Å². The predicted octanol–water partition coefficient (Wildman–Crippen LogP) is 2.57. The van der Waals surface area contributed by atoms with E-state index in [0.29, 0.717) is 12.4 Å². The number of rotatable bonds is 4. The summed E-state index contributed by atoms with van der Waals surface area (Å²) in [5.41, 5.74) is 7.46. The van der Waals surface area contributed by atoms with Crippen molar-refractivity contribution in [2.75, 3.05) is 11.9 Å². The number of carbonyl (C=O) groups is 1. The normalized spacial score (nSPS) is 11.4. The lowest BCUT2D eigenvalue weighted by atomic mass is 9.92. The summed E-state index contributed by atoms with van der Waals surface area (Å²) in [6.07, 6.45) is 1.61. The number of aromatic nitrogens is 1. The third-order valence-electron chi connectivity index (χ3n) is 3.18. The average Bonchev–Trinajstić information content (AvgIpc) is 2.86. The molecule has 0 bridgehead atoms. The van der Waals surface area contributed by atoms with E-state index in [1.165, 1.54) is 0 Å². The smallest absolute Gasteiger partial charge is 0.231 e. The number of amides is 1. The van der Waals surface area contributed by atoms with Crippen LogP contribution in [0, 0.1) is 12.3 Å². The quantitative estimate of drug-likeness (QED) is 0.897. The van der Waals surface area contributed by atoms with Crippen molar-refractivity contribution in [3.8, 4) is 11.3 Å². The molecule has 1 heterocycles. The Labute approximate surface area is 118 Å². The second-order valence-corrected chi connectivity index (χ2v) is 5.37. The van der Waals surface area contributed by atoms with Gasteiger partial charge in [0.1, 0.15) is 12.0 Å². The SMILES string of the molecule is Cc1nc(-c2ccc(NC(=O)C(C)(C)CN)cc2)co1. The van der Waals surface area contributed by atoms with Crippen LogP contribution in [0.2, 0.25) is 0 Å². The van der Waals surface area contributed by atoms with Gasteiger partial charge in [0.25, 0.3) is 0 Å². The fourth-order valence-electron chi connectivity index (χ4n) is 1.61. The zero-order valence-corrected chi connectivity index (χ0v) is 11.9. The predicted molar refractivity (Wildman–Crippen MR) is 78.1 cm³/mol. The number of nitrogens with two attached hydrogens (primary N) is 1. The summed E-state index contributed by atoms with van der Waals surface area (Å²) in [6.45, 7) is 5.73. The Bertz CT molecular complexity index is 600. The number of aryl methyl sites for hydroxylation is 1. The Morgan fingerprint density at radius 1 is 1.35 bits per heavy atom. The molecule has 2 aromatic rings. The summed E-state index contributed by atoms with van der Waals surface area (Å²) >= 11 is 0. The molecule has 0 unspecified atom stereocenters. The monoisotopic (exact) mass is 273 g/mol. The fourth-order valence-corrected chi connectivity index (χ4v) is 1.61. The van der Waals surface area contributed by atoms with Crippen LogP contribution in [0.4, 0.5) is 5.69 Å². The fraction of sp³-hybridized carbons (Fsp3) is 0.333. The number of nitrogens with one attached hydrogen (secondary N) is 1. The lowest BCUT2D eigenvalue weighted by molar-refractivity contribution is -0.123. The van der Waals surface area contributed by atoms with Crippen LogP contribution in [0.5, 0.6) is 0 Å². The number of carbonyl (C=O) groups excluding carboxylic acids is 1. The summed E-state index contributed by atoms with van der Waals surface area (Å²) in [6, 6.07) is 7.46. The van der Waals surface area contributed by atoms with Crippen LogP contribution in [0.15, 0.2) is 34.9 Å². The highest BCUT2D eigenvalue weighted by molar-refractivity contribution is 5.95. The zero-order valence-electron chi connectivity index (χ0n) is 11.9. The summed E-state index contributed by atoms with van der Waals surface area (Å²) in [7, 11) is 0. The minimum absolute atomic E-state index is 0.0926. The van der Waals surface area contributed by atoms with Gasteiger partial charge in [-0.15, -0.1) is 0 Å². The molecule has 1 aromatic carbocycles. The van der Waals surface area contributed by atoms with E-state index in [1.54, 1.807) is 13.2 Å². The molecule has 0 saturated heterocycles. The number of benzene rings is 1. The highest BCUT2D eigenvalue weighted by atomic mass is 16.3. The lowest BCUT2D eigenvalue weighted by Crippen LogP contribution is -2.37. The molecule has 20 heavy (non-hydrogen) atoms. The standard InChI is InChI=1S/C15H19N3O2/c1-10-17-13(8-20-10)11-4-6-12(7-5-11)18-14(19)15(2,3)9-16/h4-8H,9,16H2,1-3H3,(H,18,19). The highest BCUT2D eigenvalue weighted by Gasteiger charge is 2.25. The van der Waals surface area contributed by atoms with Crippen molar-refractivity contribution >= 4 is 11.6 Å². The van der Waals surface area contributed by atoms with Crippen LogP contribution in [0.25, 0.3) is 11.3 Å². The first-order chi connectivity index (χ1) is 9.42. The molecule has 0 aliphatic carbocycles. The maximum absolute atomic E-state index is 12.0. The van der Waals surface area contributed by atoms with Crippen molar-refractivity contribution in [1.82, 2.24) is 4.98 Å². The minimum atomic E-state index is -0.581. The van der Waals surface area contributed by atoms with Gasteiger partial charge in [-0.2, -0.15) is 0 Å². The first-order valence-electron chi connectivity index (χ1n) is 6.46. The third kappa shape index (κ3) is 3.05. The van der Waals surface area contributed by atoms with Gasteiger partial charge in [-0.1, -0.05) is 12.1 Å². The number of nitrogens with zero attached hydrogens (tertiary/aromatic N) is 1. The van der Waals surface area contributed by atoms with Gasteiger partial charge in [0.05, 0.1) is 5.41 Å². The molecule has 0 aliphatic rings. The van der Waals surface area contributed by atoms with Gasteiger partial charge in [-0.25, -0.2) is 4.98 Å². The van der Waals surface area contributed by atoms with E-state index in [0.717, 1.165) is 16.9 Å². The van der Waals surface area contributed by atoms with Crippen molar-refractivity contribution in [3.05, 3.63) is 36.4 Å². The zero-order chi connectivity index (χ0) is 14.8. The summed E-state index contributed by atoms with van der Waals surface area (Å²) < 4.78 is 5.18. The van der Waals surface area contributed by atoms with Crippen molar-refractivity contribution in [2.45, 2.75) is 20.8 Å². The van der Waals surface area contributed by atoms with Crippen LogP contribution in [-0.4, -0.2) is 17.4 Å². The van der Waals surface area contributed by atoms with Crippen molar-refractivity contribution in [1.29, 1.82) is 0 Å². The number of oxazole rings is 1. The van der Waals surface area contributed by atoms with E-state index in [9.17, 15) is 4.79 Å². The van der Waals surface area contributed by atoms with Gasteiger partial charge < -0.3 is 15.5 Å². The Kier molecular flexibility index (Phi) is 3.90. The van der Waals surface area contributed by atoms with Crippen LogP contribution in [-0.2, 0) is 4.79 Å². The maximum Gasteiger partial charge on any atom is 0.231 e. The molecule has 5 heteroatoms. The molecule has 0 atom stereocenters. The number of anilines is 1. The molecule has 0 aliphatic heterocycles. The summed E-state index contributed by atoms with van der Waals surface area (Å²) in [5.74, 6) is 0.534. The number of hydrogen-bond acceptors (Lipinski definition) is 4. The van der Waals surface area contributed by atoms with Crippen LogP contribution in [0.1, 0.15) is 19.7 Å². The highest BCUT2D eigenvalue weighted by Crippen LogP contribution is 2.22. The summed E-state index contributed by atoms with van der Waals surface area (Å²) in [4.78, 5) is 16.3. The molecule has 3 N–H and O–H groups in total. The molecular formula is C15H19N3O2.